The van der Waals surface area contributed by atoms with Crippen molar-refractivity contribution in [1.29, 1.82) is 0 Å². The van der Waals surface area contributed by atoms with Gasteiger partial charge in [0.1, 0.15) is 0 Å². The van der Waals surface area contributed by atoms with Crippen molar-refractivity contribution >= 4 is 33.3 Å². The zero-order valence-electron chi connectivity index (χ0n) is 12.0. The van der Waals surface area contributed by atoms with Crippen LogP contribution < -0.4 is 0 Å². The highest BCUT2D eigenvalue weighted by Gasteiger charge is 2.18. The maximum atomic E-state index is 11.3. The topological polar surface area (TPSA) is 43.4 Å². The van der Waals surface area contributed by atoms with Crippen molar-refractivity contribution in [2.75, 3.05) is 12.9 Å². The first-order chi connectivity index (χ1) is 10.3. The molecule has 0 saturated heterocycles. The fraction of sp³-hybridized carbons (Fsp3) is 0.250. The third kappa shape index (κ3) is 5.29. The Labute approximate surface area is 141 Å². The Morgan fingerprint density at radius 3 is 2.27 bits per heavy atom. The summed E-state index contributed by atoms with van der Waals surface area (Å²) in [5.41, 5.74) is 1.90. The van der Waals surface area contributed by atoms with E-state index < -0.39 is 10.1 Å². The predicted octanol–water partition coefficient (Wildman–Crippen LogP) is 4.30. The molecule has 0 unspecified atom stereocenters. The zero-order valence-corrected chi connectivity index (χ0v) is 14.3. The zero-order chi connectivity index (χ0) is 16.2. The lowest BCUT2D eigenvalue weighted by Gasteiger charge is -2.18. The van der Waals surface area contributed by atoms with Gasteiger partial charge in [-0.3, -0.25) is 4.18 Å². The van der Waals surface area contributed by atoms with Gasteiger partial charge < -0.3 is 0 Å². The standard InChI is InChI=1S/C16H16Cl2O3S/c1-22(19,20)21-11-13(15-4-2-3-5-16(15)18)10-12-6-8-14(17)9-7-12/h2-9,13H,10-11H2,1H3/t13-/m1/s1. The van der Waals surface area contributed by atoms with E-state index in [0.717, 1.165) is 17.4 Å². The first-order valence-electron chi connectivity index (χ1n) is 6.68. The largest absolute Gasteiger partial charge is 0.270 e. The molecule has 0 saturated carbocycles. The van der Waals surface area contributed by atoms with Crippen LogP contribution in [0.2, 0.25) is 10.0 Å². The van der Waals surface area contributed by atoms with Crippen molar-refractivity contribution < 1.29 is 12.6 Å². The van der Waals surface area contributed by atoms with Crippen LogP contribution in [0.5, 0.6) is 0 Å². The Kier molecular flexibility index (Phi) is 5.87. The molecule has 0 aliphatic carbocycles. The SMILES string of the molecule is CS(=O)(=O)OC[C@@H](Cc1ccc(Cl)cc1)c1ccccc1Cl. The second kappa shape index (κ2) is 7.47. The van der Waals surface area contributed by atoms with Crippen LogP contribution >= 0.6 is 23.2 Å². The van der Waals surface area contributed by atoms with Crippen LogP contribution in [0, 0.1) is 0 Å². The van der Waals surface area contributed by atoms with Crippen molar-refractivity contribution in [3.05, 3.63) is 69.7 Å². The summed E-state index contributed by atoms with van der Waals surface area (Å²) >= 11 is 12.1. The van der Waals surface area contributed by atoms with Gasteiger partial charge in [-0.1, -0.05) is 53.5 Å². The van der Waals surface area contributed by atoms with E-state index in [4.69, 9.17) is 27.4 Å². The van der Waals surface area contributed by atoms with E-state index in [0.29, 0.717) is 16.5 Å². The molecule has 2 rings (SSSR count). The van der Waals surface area contributed by atoms with Gasteiger partial charge in [0.05, 0.1) is 12.9 Å². The third-order valence-corrected chi connectivity index (χ3v) is 4.38. The van der Waals surface area contributed by atoms with E-state index >= 15 is 0 Å². The molecule has 0 amide bonds. The molecule has 0 fully saturated rings. The Morgan fingerprint density at radius 1 is 1.05 bits per heavy atom. The number of hydrogen-bond acceptors (Lipinski definition) is 3. The molecule has 0 bridgehead atoms. The first-order valence-corrected chi connectivity index (χ1v) is 9.25. The average Bonchev–Trinajstić information content (AvgIpc) is 2.45. The molecule has 3 nitrogen and oxygen atoms in total. The lowest BCUT2D eigenvalue weighted by atomic mass is 9.93. The molecular weight excluding hydrogens is 343 g/mol. The molecule has 0 heterocycles. The maximum absolute atomic E-state index is 11.3. The molecule has 1 atom stereocenters. The van der Waals surface area contributed by atoms with Crippen molar-refractivity contribution in [2.45, 2.75) is 12.3 Å². The van der Waals surface area contributed by atoms with E-state index in [1.54, 1.807) is 18.2 Å². The Bertz CT molecular complexity index is 727. The second-order valence-corrected chi connectivity index (χ2v) is 7.53. The van der Waals surface area contributed by atoms with Crippen molar-refractivity contribution in [3.63, 3.8) is 0 Å². The summed E-state index contributed by atoms with van der Waals surface area (Å²) in [6.07, 6.45) is 1.65. The summed E-state index contributed by atoms with van der Waals surface area (Å²) < 4.78 is 27.5. The van der Waals surface area contributed by atoms with E-state index in [1.807, 2.05) is 30.3 Å². The summed E-state index contributed by atoms with van der Waals surface area (Å²) in [5, 5.41) is 1.25. The van der Waals surface area contributed by atoms with Gasteiger partial charge in [-0.25, -0.2) is 0 Å². The summed E-state index contributed by atoms with van der Waals surface area (Å²) in [6, 6.07) is 14.8. The van der Waals surface area contributed by atoms with Crippen LogP contribution in [0.15, 0.2) is 48.5 Å². The minimum absolute atomic E-state index is 0.0468. The van der Waals surface area contributed by atoms with Crippen molar-refractivity contribution in [3.8, 4) is 0 Å². The molecule has 0 N–H and O–H groups in total. The Balaban J connectivity index is 2.25. The third-order valence-electron chi connectivity index (χ3n) is 3.22. The second-order valence-electron chi connectivity index (χ2n) is 5.04. The van der Waals surface area contributed by atoms with Crippen LogP contribution in [0.3, 0.4) is 0 Å². The minimum atomic E-state index is -3.50. The Morgan fingerprint density at radius 2 is 1.68 bits per heavy atom. The lowest BCUT2D eigenvalue weighted by Crippen LogP contribution is -2.15. The number of benzene rings is 2. The Hall–Kier alpha value is -1.07. The smallest absolute Gasteiger partial charge is 0.264 e. The molecule has 0 aromatic heterocycles. The summed E-state index contributed by atoms with van der Waals surface area (Å²) in [6.45, 7) is 0.0468. The minimum Gasteiger partial charge on any atom is -0.270 e. The van der Waals surface area contributed by atoms with Crippen molar-refractivity contribution in [2.24, 2.45) is 0 Å². The maximum Gasteiger partial charge on any atom is 0.264 e. The highest BCUT2D eigenvalue weighted by molar-refractivity contribution is 7.85. The van der Waals surface area contributed by atoms with E-state index in [9.17, 15) is 8.42 Å². The van der Waals surface area contributed by atoms with Gasteiger partial charge >= 0.3 is 0 Å². The molecule has 2 aromatic rings. The lowest BCUT2D eigenvalue weighted by molar-refractivity contribution is 0.293. The van der Waals surface area contributed by atoms with Crippen LogP contribution in [0.4, 0.5) is 0 Å². The predicted molar refractivity (Wildman–Crippen MR) is 90.1 cm³/mol. The van der Waals surface area contributed by atoms with Crippen LogP contribution in [0.1, 0.15) is 17.0 Å². The van der Waals surface area contributed by atoms with Crippen LogP contribution in [0.25, 0.3) is 0 Å². The number of halogens is 2. The van der Waals surface area contributed by atoms with Gasteiger partial charge in [0.15, 0.2) is 0 Å². The van der Waals surface area contributed by atoms with Gasteiger partial charge in [-0.05, 0) is 35.7 Å². The van der Waals surface area contributed by atoms with E-state index in [1.165, 1.54) is 0 Å². The molecule has 0 aliphatic rings. The molecule has 6 heteroatoms. The summed E-state index contributed by atoms with van der Waals surface area (Å²) in [4.78, 5) is 0. The monoisotopic (exact) mass is 358 g/mol. The number of hydrogen-bond donors (Lipinski definition) is 0. The van der Waals surface area contributed by atoms with Gasteiger partial charge in [0.2, 0.25) is 0 Å². The van der Waals surface area contributed by atoms with E-state index in [2.05, 4.69) is 0 Å². The van der Waals surface area contributed by atoms with E-state index in [-0.39, 0.29) is 12.5 Å². The molecular formula is C16H16Cl2O3S. The van der Waals surface area contributed by atoms with Gasteiger partial charge in [0.25, 0.3) is 10.1 Å². The molecule has 118 valence electrons. The summed E-state index contributed by atoms with van der Waals surface area (Å²) in [5.74, 6) is -0.162. The average molecular weight is 359 g/mol. The van der Waals surface area contributed by atoms with Crippen molar-refractivity contribution in [1.82, 2.24) is 0 Å². The normalized spacial score (nSPS) is 13.0. The first kappa shape index (κ1) is 17.3. The highest BCUT2D eigenvalue weighted by Crippen LogP contribution is 2.28. The quantitative estimate of drug-likeness (QED) is 0.723. The summed E-state index contributed by atoms with van der Waals surface area (Å²) in [7, 11) is -3.50. The van der Waals surface area contributed by atoms with Crippen LogP contribution in [-0.4, -0.2) is 21.3 Å². The van der Waals surface area contributed by atoms with Gasteiger partial charge in [0, 0.05) is 16.0 Å². The number of rotatable bonds is 6. The fourth-order valence-electron chi connectivity index (χ4n) is 2.18. The molecule has 0 radical (unpaired) electrons. The van der Waals surface area contributed by atoms with Gasteiger partial charge in [-0.15, -0.1) is 0 Å². The molecule has 0 aliphatic heterocycles. The fourth-order valence-corrected chi connectivity index (χ4v) is 3.00. The molecule has 2 aromatic carbocycles. The van der Waals surface area contributed by atoms with Gasteiger partial charge in [-0.2, -0.15) is 8.42 Å². The molecule has 22 heavy (non-hydrogen) atoms. The van der Waals surface area contributed by atoms with Crippen LogP contribution in [-0.2, 0) is 20.7 Å². The highest BCUT2D eigenvalue weighted by atomic mass is 35.5. The molecule has 0 spiro atoms.